The minimum atomic E-state index is -0.513. The van der Waals surface area contributed by atoms with Crippen LogP contribution in [0, 0.1) is 5.92 Å². The van der Waals surface area contributed by atoms with E-state index < -0.39 is 12.1 Å². The molecular weight excluding hydrogens is 544 g/mol. The monoisotopic (exact) mass is 590 g/mol. The second kappa shape index (κ2) is 17.7. The number of fused-ring (bicyclic) bond motifs is 2. The van der Waals surface area contributed by atoms with Crippen molar-refractivity contribution in [3.8, 4) is 0 Å². The zero-order chi connectivity index (χ0) is 30.3. The van der Waals surface area contributed by atoms with Gasteiger partial charge in [-0.1, -0.05) is 32.4 Å². The number of aryl methyl sites for hydroxylation is 1. The number of amides is 1. The first kappa shape index (κ1) is 33.3. The van der Waals surface area contributed by atoms with Gasteiger partial charge in [0.05, 0.1) is 37.5 Å². The Morgan fingerprint density at radius 2 is 1.90 bits per heavy atom. The molecular formula is C31H46N2O9. The van der Waals surface area contributed by atoms with Crippen LogP contribution in [-0.2, 0) is 39.7 Å². The number of methoxy groups -OCH3 is 2. The maximum Gasteiger partial charge on any atom is 0.407 e. The van der Waals surface area contributed by atoms with Gasteiger partial charge in [0.25, 0.3) is 0 Å². The summed E-state index contributed by atoms with van der Waals surface area (Å²) in [4.78, 5) is 40.8. The minimum absolute atomic E-state index is 0.0116. The van der Waals surface area contributed by atoms with Crippen LogP contribution >= 0.6 is 0 Å². The molecule has 11 heteroatoms. The van der Waals surface area contributed by atoms with Crippen molar-refractivity contribution < 1.29 is 42.5 Å². The number of allylic oxidation sites excluding steroid dienone is 1. The number of carbonyl (C=O) groups excluding carboxylic acids is 3. The summed E-state index contributed by atoms with van der Waals surface area (Å²) in [6.07, 6.45) is 13.1. The van der Waals surface area contributed by atoms with Crippen LogP contribution < -0.4 is 5.32 Å². The number of carbonyl (C=O) groups is 3. The van der Waals surface area contributed by atoms with Crippen LogP contribution in [0.3, 0.4) is 0 Å². The van der Waals surface area contributed by atoms with Gasteiger partial charge in [-0.2, -0.15) is 0 Å². The first-order valence-electron chi connectivity index (χ1n) is 15.0. The van der Waals surface area contributed by atoms with Crippen molar-refractivity contribution in [1.29, 1.82) is 0 Å². The second-order valence-electron chi connectivity index (χ2n) is 11.1. The molecule has 0 radical (unpaired) electrons. The van der Waals surface area contributed by atoms with E-state index in [0.717, 1.165) is 31.4 Å². The standard InChI is InChI=1S/C31H46N2O9/c1-5-9-23-16-24(37-3)14-21(2)15-25-17-26(18-27(40-25)19-30(35)41-23)42-29(34)12-7-6-10-22-20-39-28(33-22)11-8-13-32-31(36)38-4/h7-8,11-12,20-21,23-27H,5-6,9-10,13-19H2,1-4H3,(H,32,36)/b11-8-,12-7-/t21-,23-,24+,25+,26+,27+/m0/s1. The van der Waals surface area contributed by atoms with E-state index in [4.69, 9.17) is 23.4 Å². The maximum atomic E-state index is 12.8. The summed E-state index contributed by atoms with van der Waals surface area (Å²) in [5, 5.41) is 2.53. The molecule has 0 aliphatic carbocycles. The van der Waals surface area contributed by atoms with Crippen molar-refractivity contribution in [3.05, 3.63) is 36.1 Å². The van der Waals surface area contributed by atoms with Crippen LogP contribution in [-0.4, -0.2) is 74.3 Å². The van der Waals surface area contributed by atoms with E-state index in [1.165, 1.54) is 13.2 Å². The molecule has 1 aromatic rings. The predicted octanol–water partition coefficient (Wildman–Crippen LogP) is 4.93. The lowest BCUT2D eigenvalue weighted by Gasteiger charge is -2.37. The minimum Gasteiger partial charge on any atom is -0.462 e. The van der Waals surface area contributed by atoms with Gasteiger partial charge in [-0.15, -0.1) is 0 Å². The number of nitrogens with one attached hydrogen (secondary N) is 1. The average Bonchev–Trinajstić information content (AvgIpc) is 3.39. The summed E-state index contributed by atoms with van der Waals surface area (Å²) in [6.45, 7) is 4.56. The zero-order valence-corrected chi connectivity index (χ0v) is 25.3. The molecule has 2 saturated heterocycles. The number of cyclic esters (lactones) is 1. The lowest BCUT2D eigenvalue weighted by molar-refractivity contribution is -0.168. The number of aromatic nitrogens is 1. The number of nitrogens with zero attached hydrogens (tertiary/aromatic N) is 1. The summed E-state index contributed by atoms with van der Waals surface area (Å²) >= 11 is 0. The second-order valence-corrected chi connectivity index (χ2v) is 11.1. The van der Waals surface area contributed by atoms with E-state index in [1.54, 1.807) is 31.6 Å². The maximum absolute atomic E-state index is 12.8. The molecule has 0 aromatic carbocycles. The van der Waals surface area contributed by atoms with Gasteiger partial charge in [0.1, 0.15) is 18.5 Å². The molecule has 0 unspecified atom stereocenters. The molecule has 0 saturated carbocycles. The molecule has 3 rings (SSSR count). The normalized spacial score (nSPS) is 27.2. The molecule has 1 aromatic heterocycles. The van der Waals surface area contributed by atoms with Crippen LogP contribution in [0.2, 0.25) is 0 Å². The highest BCUT2D eigenvalue weighted by molar-refractivity contribution is 5.82. The number of ether oxygens (including phenoxy) is 5. The molecule has 1 amide bonds. The smallest absolute Gasteiger partial charge is 0.407 e. The van der Waals surface area contributed by atoms with Gasteiger partial charge in [-0.05, 0) is 44.1 Å². The molecule has 2 fully saturated rings. The van der Waals surface area contributed by atoms with E-state index in [-0.39, 0.29) is 42.9 Å². The quantitative estimate of drug-likeness (QED) is 0.215. The molecule has 1 N–H and O–H groups in total. The number of oxazole rings is 1. The van der Waals surface area contributed by atoms with Gasteiger partial charge in [0, 0.05) is 39.0 Å². The zero-order valence-electron chi connectivity index (χ0n) is 25.3. The number of esters is 2. The van der Waals surface area contributed by atoms with Gasteiger partial charge in [-0.3, -0.25) is 4.79 Å². The van der Waals surface area contributed by atoms with Crippen LogP contribution in [0.5, 0.6) is 0 Å². The van der Waals surface area contributed by atoms with Crippen molar-refractivity contribution in [1.82, 2.24) is 10.3 Å². The molecule has 2 aliphatic rings. The van der Waals surface area contributed by atoms with Crippen LogP contribution in [0.1, 0.15) is 83.2 Å². The lowest BCUT2D eigenvalue weighted by atomic mass is 9.89. The number of alkyl carbamates (subject to hydrolysis) is 1. The van der Waals surface area contributed by atoms with Crippen molar-refractivity contribution >= 4 is 24.1 Å². The van der Waals surface area contributed by atoms with Crippen LogP contribution in [0.15, 0.2) is 28.9 Å². The van der Waals surface area contributed by atoms with Crippen molar-refractivity contribution in [3.63, 3.8) is 0 Å². The Balaban J connectivity index is 1.49. The van der Waals surface area contributed by atoms with Gasteiger partial charge in [0.15, 0.2) is 0 Å². The highest BCUT2D eigenvalue weighted by atomic mass is 16.6. The molecule has 2 bridgehead atoms. The van der Waals surface area contributed by atoms with Crippen LogP contribution in [0.4, 0.5) is 4.79 Å². The first-order chi connectivity index (χ1) is 20.3. The molecule has 234 valence electrons. The third kappa shape index (κ3) is 12.0. The molecule has 42 heavy (non-hydrogen) atoms. The van der Waals surface area contributed by atoms with Gasteiger partial charge < -0.3 is 33.4 Å². The Morgan fingerprint density at radius 1 is 1.10 bits per heavy atom. The fourth-order valence-electron chi connectivity index (χ4n) is 5.49. The lowest BCUT2D eigenvalue weighted by Crippen LogP contribution is -2.41. The molecule has 2 aliphatic heterocycles. The largest absolute Gasteiger partial charge is 0.462 e. The Kier molecular flexibility index (Phi) is 14.0. The Hall–Kier alpha value is -3.18. The van der Waals surface area contributed by atoms with Crippen LogP contribution in [0.25, 0.3) is 6.08 Å². The Morgan fingerprint density at radius 3 is 2.67 bits per heavy atom. The van der Waals surface area contributed by atoms with Gasteiger partial charge in [0.2, 0.25) is 5.89 Å². The summed E-state index contributed by atoms with van der Waals surface area (Å²) in [5.41, 5.74) is 0.745. The van der Waals surface area contributed by atoms with E-state index in [1.807, 2.05) is 0 Å². The molecule has 3 heterocycles. The highest BCUT2D eigenvalue weighted by Crippen LogP contribution is 2.31. The summed E-state index contributed by atoms with van der Waals surface area (Å²) in [5.74, 6) is 0.0697. The molecule has 0 spiro atoms. The predicted molar refractivity (Wildman–Crippen MR) is 154 cm³/mol. The molecule has 6 atom stereocenters. The first-order valence-corrected chi connectivity index (χ1v) is 15.0. The third-order valence-electron chi connectivity index (χ3n) is 7.41. The SMILES string of the molecule is CCC[C@H]1C[C@H](OC)C[C@H](C)C[C@@H]2C[C@@H](OC(=O)/C=C\CCc3coc(/C=C\CNC(=O)OC)n3)C[C@H](CC(=O)O1)O2. The third-order valence-corrected chi connectivity index (χ3v) is 7.41. The fraction of sp³-hybridized carbons (Fsp3) is 0.677. The highest BCUT2D eigenvalue weighted by Gasteiger charge is 2.35. The summed E-state index contributed by atoms with van der Waals surface area (Å²) in [7, 11) is 3.01. The molecule has 11 nitrogen and oxygen atoms in total. The summed E-state index contributed by atoms with van der Waals surface area (Å²) < 4.78 is 33.5. The Labute approximate surface area is 248 Å². The number of hydrogen-bond acceptors (Lipinski definition) is 10. The number of hydrogen-bond donors (Lipinski definition) is 1. The van der Waals surface area contributed by atoms with Crippen molar-refractivity contribution in [2.45, 2.75) is 109 Å². The summed E-state index contributed by atoms with van der Waals surface area (Å²) in [6, 6.07) is 0. The van der Waals surface area contributed by atoms with Crippen molar-refractivity contribution in [2.24, 2.45) is 5.92 Å². The van der Waals surface area contributed by atoms with E-state index in [2.05, 4.69) is 28.9 Å². The topological polar surface area (TPSA) is 135 Å². The Bertz CT molecular complexity index is 1050. The van der Waals surface area contributed by atoms with E-state index >= 15 is 0 Å². The van der Waals surface area contributed by atoms with Gasteiger partial charge in [-0.25, -0.2) is 14.6 Å². The number of rotatable bonds is 11. The van der Waals surface area contributed by atoms with Gasteiger partial charge >= 0.3 is 18.0 Å². The van der Waals surface area contributed by atoms with E-state index in [9.17, 15) is 14.4 Å². The fourth-order valence-corrected chi connectivity index (χ4v) is 5.49. The van der Waals surface area contributed by atoms with E-state index in [0.29, 0.717) is 50.5 Å². The average molecular weight is 591 g/mol. The van der Waals surface area contributed by atoms with Crippen molar-refractivity contribution in [2.75, 3.05) is 20.8 Å².